The largest absolute Gasteiger partial charge is 0.497 e. The summed E-state index contributed by atoms with van der Waals surface area (Å²) in [6.07, 6.45) is 0.255. The summed E-state index contributed by atoms with van der Waals surface area (Å²) in [5.74, 6) is 0.476. The molecular weight excluding hydrogens is 376 g/mol. The van der Waals surface area contributed by atoms with Crippen molar-refractivity contribution in [1.82, 2.24) is 10.2 Å². The first kappa shape index (κ1) is 23.5. The zero-order chi connectivity index (χ0) is 22.5. The fraction of sp³-hybridized carbons (Fsp3) is 0.440. The number of methoxy groups -OCH3 is 1. The van der Waals surface area contributed by atoms with E-state index in [9.17, 15) is 9.59 Å². The van der Waals surface area contributed by atoms with Gasteiger partial charge in [-0.2, -0.15) is 0 Å². The summed E-state index contributed by atoms with van der Waals surface area (Å²) in [5, 5.41) is 2.99. The van der Waals surface area contributed by atoms with Crippen LogP contribution in [0.4, 0.5) is 0 Å². The number of nitrogens with zero attached hydrogens (tertiary/aromatic N) is 1. The lowest BCUT2D eigenvalue weighted by atomic mass is 10.0. The van der Waals surface area contributed by atoms with Crippen LogP contribution in [0.25, 0.3) is 0 Å². The van der Waals surface area contributed by atoms with Gasteiger partial charge in [-0.1, -0.05) is 35.9 Å². The van der Waals surface area contributed by atoms with Crippen molar-refractivity contribution < 1.29 is 14.3 Å². The quantitative estimate of drug-likeness (QED) is 0.745. The Morgan fingerprint density at radius 2 is 1.80 bits per heavy atom. The summed E-state index contributed by atoms with van der Waals surface area (Å²) in [6.45, 7) is 11.9. The summed E-state index contributed by atoms with van der Waals surface area (Å²) < 4.78 is 5.31. The van der Waals surface area contributed by atoms with E-state index < -0.39 is 6.04 Å². The van der Waals surface area contributed by atoms with Gasteiger partial charge in [-0.05, 0) is 70.4 Å². The van der Waals surface area contributed by atoms with Gasteiger partial charge >= 0.3 is 0 Å². The molecule has 5 nitrogen and oxygen atoms in total. The van der Waals surface area contributed by atoms with E-state index in [1.165, 1.54) is 0 Å². The Bertz CT molecular complexity index is 900. The van der Waals surface area contributed by atoms with Crippen LogP contribution >= 0.6 is 0 Å². The molecule has 2 aromatic carbocycles. The third kappa shape index (κ3) is 6.61. The summed E-state index contributed by atoms with van der Waals surface area (Å²) in [4.78, 5) is 27.9. The molecule has 5 heteroatoms. The first-order valence-corrected chi connectivity index (χ1v) is 10.3. The van der Waals surface area contributed by atoms with Crippen molar-refractivity contribution in [2.45, 2.75) is 66.1 Å². The average Bonchev–Trinajstić information content (AvgIpc) is 2.67. The van der Waals surface area contributed by atoms with E-state index in [2.05, 4.69) is 5.32 Å². The van der Waals surface area contributed by atoms with Crippen LogP contribution in [-0.2, 0) is 22.6 Å². The molecule has 0 aromatic heterocycles. The van der Waals surface area contributed by atoms with Crippen molar-refractivity contribution in [2.75, 3.05) is 7.11 Å². The number of carbonyl (C=O) groups is 2. The summed E-state index contributed by atoms with van der Waals surface area (Å²) in [6, 6.07) is 13.1. The fourth-order valence-corrected chi connectivity index (χ4v) is 3.28. The van der Waals surface area contributed by atoms with Gasteiger partial charge in [0.05, 0.1) is 13.5 Å². The van der Waals surface area contributed by atoms with E-state index >= 15 is 0 Å². The molecule has 0 aliphatic rings. The third-order valence-corrected chi connectivity index (χ3v) is 5.00. The Morgan fingerprint density at radius 3 is 2.43 bits per heavy atom. The molecule has 1 atom stereocenters. The van der Waals surface area contributed by atoms with Gasteiger partial charge in [-0.25, -0.2) is 0 Å². The Labute approximate surface area is 180 Å². The van der Waals surface area contributed by atoms with Crippen LogP contribution in [0.5, 0.6) is 5.75 Å². The molecule has 2 amide bonds. The van der Waals surface area contributed by atoms with Gasteiger partial charge in [0.15, 0.2) is 0 Å². The molecule has 2 aromatic rings. The molecule has 0 aliphatic carbocycles. The molecule has 0 spiro atoms. The number of hydrogen-bond acceptors (Lipinski definition) is 3. The Balaban J connectivity index is 2.32. The number of rotatable bonds is 7. The van der Waals surface area contributed by atoms with Crippen molar-refractivity contribution in [2.24, 2.45) is 0 Å². The lowest BCUT2D eigenvalue weighted by molar-refractivity contribution is -0.140. The van der Waals surface area contributed by atoms with Gasteiger partial charge in [0.1, 0.15) is 11.8 Å². The highest BCUT2D eigenvalue weighted by molar-refractivity contribution is 5.88. The SMILES string of the molecule is COc1cccc(CN(C(=O)Cc2cc(C)ccc2C)C(C)C(=O)NC(C)(C)C)c1. The second-order valence-corrected chi connectivity index (χ2v) is 8.90. The molecule has 0 aliphatic heterocycles. The molecule has 0 radical (unpaired) electrons. The van der Waals surface area contributed by atoms with E-state index in [0.717, 1.165) is 28.0 Å². The zero-order valence-corrected chi connectivity index (χ0v) is 19.2. The molecule has 2 rings (SSSR count). The summed E-state index contributed by atoms with van der Waals surface area (Å²) >= 11 is 0. The van der Waals surface area contributed by atoms with Gasteiger partial charge < -0.3 is 15.0 Å². The molecule has 1 unspecified atom stereocenters. The van der Waals surface area contributed by atoms with Crippen LogP contribution < -0.4 is 10.1 Å². The second-order valence-electron chi connectivity index (χ2n) is 8.90. The molecule has 0 fully saturated rings. The molecule has 0 bridgehead atoms. The van der Waals surface area contributed by atoms with Crippen LogP contribution in [-0.4, -0.2) is 35.4 Å². The van der Waals surface area contributed by atoms with E-state index in [-0.39, 0.29) is 23.8 Å². The molecule has 162 valence electrons. The number of carbonyl (C=O) groups excluding carboxylic acids is 2. The van der Waals surface area contributed by atoms with Crippen molar-refractivity contribution in [1.29, 1.82) is 0 Å². The Hall–Kier alpha value is -2.82. The predicted molar refractivity (Wildman–Crippen MR) is 121 cm³/mol. The normalized spacial score (nSPS) is 12.2. The van der Waals surface area contributed by atoms with Crippen LogP contribution in [0.3, 0.4) is 0 Å². The lowest BCUT2D eigenvalue weighted by Gasteiger charge is -2.31. The minimum absolute atomic E-state index is 0.0805. The van der Waals surface area contributed by atoms with Crippen molar-refractivity contribution >= 4 is 11.8 Å². The van der Waals surface area contributed by atoms with Gasteiger partial charge in [0.25, 0.3) is 0 Å². The van der Waals surface area contributed by atoms with E-state index in [4.69, 9.17) is 4.74 Å². The average molecular weight is 411 g/mol. The van der Waals surface area contributed by atoms with Gasteiger partial charge in [0.2, 0.25) is 11.8 Å². The first-order chi connectivity index (χ1) is 14.0. The third-order valence-electron chi connectivity index (χ3n) is 5.00. The number of hydrogen-bond donors (Lipinski definition) is 1. The highest BCUT2D eigenvalue weighted by Gasteiger charge is 2.28. The zero-order valence-electron chi connectivity index (χ0n) is 19.2. The summed E-state index contributed by atoms with van der Waals surface area (Å²) in [7, 11) is 1.61. The minimum Gasteiger partial charge on any atom is -0.497 e. The lowest BCUT2D eigenvalue weighted by Crippen LogP contribution is -2.52. The van der Waals surface area contributed by atoms with Crippen LogP contribution in [0, 0.1) is 13.8 Å². The highest BCUT2D eigenvalue weighted by Crippen LogP contribution is 2.19. The van der Waals surface area contributed by atoms with E-state index in [1.54, 1.807) is 18.9 Å². The second kappa shape index (κ2) is 9.79. The number of amides is 2. The monoisotopic (exact) mass is 410 g/mol. The van der Waals surface area contributed by atoms with Gasteiger partial charge in [-0.15, -0.1) is 0 Å². The number of ether oxygens (including phenoxy) is 1. The molecule has 30 heavy (non-hydrogen) atoms. The standard InChI is InChI=1S/C25H34N2O3/c1-17-11-12-18(2)21(13-17)15-23(28)27(19(3)24(29)26-25(4,5)6)16-20-9-8-10-22(14-20)30-7/h8-14,19H,15-16H2,1-7H3,(H,26,29). The maximum atomic E-state index is 13.4. The van der Waals surface area contributed by atoms with Crippen LogP contribution in [0.2, 0.25) is 0 Å². The minimum atomic E-state index is -0.604. The van der Waals surface area contributed by atoms with Crippen molar-refractivity contribution in [3.63, 3.8) is 0 Å². The number of nitrogens with one attached hydrogen (secondary N) is 1. The molecule has 0 saturated heterocycles. The predicted octanol–water partition coefficient (Wildman–Crippen LogP) is 4.19. The Kier molecular flexibility index (Phi) is 7.65. The molecule has 1 N–H and O–H groups in total. The van der Waals surface area contributed by atoms with Gasteiger partial charge in [-0.3, -0.25) is 9.59 Å². The number of benzene rings is 2. The van der Waals surface area contributed by atoms with Crippen LogP contribution in [0.15, 0.2) is 42.5 Å². The fourth-order valence-electron chi connectivity index (χ4n) is 3.28. The first-order valence-electron chi connectivity index (χ1n) is 10.3. The van der Waals surface area contributed by atoms with E-state index in [0.29, 0.717) is 6.54 Å². The summed E-state index contributed by atoms with van der Waals surface area (Å²) in [5.41, 5.74) is 3.71. The van der Waals surface area contributed by atoms with Gasteiger partial charge in [0, 0.05) is 12.1 Å². The Morgan fingerprint density at radius 1 is 1.10 bits per heavy atom. The smallest absolute Gasteiger partial charge is 0.242 e. The molecular formula is C25H34N2O3. The van der Waals surface area contributed by atoms with Crippen molar-refractivity contribution in [3.8, 4) is 5.75 Å². The maximum Gasteiger partial charge on any atom is 0.242 e. The van der Waals surface area contributed by atoms with E-state index in [1.807, 2.05) is 77.1 Å². The number of aryl methyl sites for hydroxylation is 2. The highest BCUT2D eigenvalue weighted by atomic mass is 16.5. The van der Waals surface area contributed by atoms with Crippen LogP contribution in [0.1, 0.15) is 49.9 Å². The molecule has 0 heterocycles. The molecule has 0 saturated carbocycles. The topological polar surface area (TPSA) is 58.6 Å². The van der Waals surface area contributed by atoms with Crippen molar-refractivity contribution in [3.05, 3.63) is 64.7 Å². The maximum absolute atomic E-state index is 13.4.